The van der Waals surface area contributed by atoms with Crippen molar-refractivity contribution in [2.24, 2.45) is 5.92 Å². The first kappa shape index (κ1) is 26.3. The molecular weight excluding hydrogens is 527 g/mol. The molecule has 0 unspecified atom stereocenters. The number of carboxylic acids is 1. The summed E-state index contributed by atoms with van der Waals surface area (Å²) in [6.45, 7) is 0. The van der Waals surface area contributed by atoms with Gasteiger partial charge in [-0.15, -0.1) is 0 Å². The molecule has 2 aromatic carbocycles. The van der Waals surface area contributed by atoms with E-state index in [1.54, 1.807) is 53.2 Å². The molecule has 1 aliphatic carbocycles. The number of carbonyl (C=O) groups is 1. The molecule has 0 bridgehead atoms. The van der Waals surface area contributed by atoms with E-state index >= 15 is 0 Å². The largest absolute Gasteiger partial charge is 0.478 e. The summed E-state index contributed by atoms with van der Waals surface area (Å²) in [4.78, 5) is 15.2. The zero-order valence-electron chi connectivity index (χ0n) is 20.4. The van der Waals surface area contributed by atoms with Crippen LogP contribution in [0.2, 0.25) is 5.02 Å². The van der Waals surface area contributed by atoms with Gasteiger partial charge >= 0.3 is 12.1 Å². The maximum atomic E-state index is 14.4. The van der Waals surface area contributed by atoms with Gasteiger partial charge in [0, 0.05) is 29.1 Å². The highest BCUT2D eigenvalue weighted by Gasteiger charge is 2.38. The lowest BCUT2D eigenvalue weighted by atomic mass is 9.72. The van der Waals surface area contributed by atoms with Crippen LogP contribution >= 0.6 is 11.6 Å². The van der Waals surface area contributed by atoms with E-state index in [4.69, 9.17) is 16.7 Å². The van der Waals surface area contributed by atoms with Crippen molar-refractivity contribution in [1.82, 2.24) is 9.38 Å². The first-order valence-electron chi connectivity index (χ1n) is 12.2. The lowest BCUT2D eigenvalue weighted by Gasteiger charge is -2.33. The average molecular weight is 548 g/mol. The van der Waals surface area contributed by atoms with E-state index in [1.165, 1.54) is 18.2 Å². The quantitative estimate of drug-likeness (QED) is 0.198. The van der Waals surface area contributed by atoms with Crippen LogP contribution < -0.4 is 0 Å². The fraction of sp³-hybridized carbons (Fsp3) is 0.167. The fourth-order valence-corrected chi connectivity index (χ4v) is 5.11. The molecule has 196 valence electrons. The summed E-state index contributed by atoms with van der Waals surface area (Å²) in [5.41, 5.74) is 2.66. The van der Waals surface area contributed by atoms with E-state index in [1.807, 2.05) is 0 Å². The molecule has 2 heterocycles. The van der Waals surface area contributed by atoms with Gasteiger partial charge in [0.1, 0.15) is 17.4 Å². The molecular formula is C30H21ClF3N3O2. The van der Waals surface area contributed by atoms with Gasteiger partial charge < -0.3 is 5.11 Å². The van der Waals surface area contributed by atoms with Crippen LogP contribution in [0.5, 0.6) is 0 Å². The smallest absolute Gasteiger partial charge is 0.417 e. The number of hydrogen-bond acceptors (Lipinski definition) is 3. The predicted molar refractivity (Wildman–Crippen MR) is 143 cm³/mol. The van der Waals surface area contributed by atoms with Crippen LogP contribution in [-0.4, -0.2) is 20.5 Å². The van der Waals surface area contributed by atoms with Gasteiger partial charge in [0.25, 0.3) is 0 Å². The van der Waals surface area contributed by atoms with Crippen LogP contribution in [0.25, 0.3) is 22.9 Å². The third kappa shape index (κ3) is 5.18. The second-order valence-electron chi connectivity index (χ2n) is 9.26. The second-order valence-corrected chi connectivity index (χ2v) is 9.70. The number of aromatic nitrogens is 2. The van der Waals surface area contributed by atoms with Crippen LogP contribution in [-0.2, 0) is 11.0 Å². The molecule has 0 aliphatic heterocycles. The summed E-state index contributed by atoms with van der Waals surface area (Å²) in [6.07, 6.45) is 3.26. The molecule has 1 N–H and O–H groups in total. The minimum Gasteiger partial charge on any atom is -0.478 e. The zero-order chi connectivity index (χ0) is 27.7. The summed E-state index contributed by atoms with van der Waals surface area (Å²) in [6, 6.07) is 16.3. The Labute approximate surface area is 227 Å². The molecule has 0 amide bonds. The number of allylic oxidation sites excluding steroid dienone is 1. The van der Waals surface area contributed by atoms with Crippen LogP contribution in [0, 0.1) is 17.2 Å². The Morgan fingerprint density at radius 3 is 2.44 bits per heavy atom. The summed E-state index contributed by atoms with van der Waals surface area (Å²) < 4.78 is 44.7. The molecule has 1 aliphatic rings. The topological polar surface area (TPSA) is 78.4 Å². The van der Waals surface area contributed by atoms with Crippen molar-refractivity contribution in [2.75, 3.05) is 0 Å². The Morgan fingerprint density at radius 1 is 1.10 bits per heavy atom. The van der Waals surface area contributed by atoms with Crippen molar-refractivity contribution in [3.63, 3.8) is 0 Å². The number of rotatable bonds is 6. The number of fused-ring (bicyclic) bond motifs is 1. The molecule has 9 heteroatoms. The zero-order valence-corrected chi connectivity index (χ0v) is 21.2. The summed E-state index contributed by atoms with van der Waals surface area (Å²) in [5.74, 6) is -1.26. The number of carboxylic acid groups (broad SMARTS) is 1. The van der Waals surface area contributed by atoms with E-state index in [0.717, 1.165) is 18.6 Å². The Bertz CT molecular complexity index is 1670. The Kier molecular flexibility index (Phi) is 7.02. The first-order chi connectivity index (χ1) is 18.7. The van der Waals surface area contributed by atoms with Crippen LogP contribution in [0.4, 0.5) is 13.2 Å². The van der Waals surface area contributed by atoms with Crippen molar-refractivity contribution in [1.29, 1.82) is 5.26 Å². The van der Waals surface area contributed by atoms with Gasteiger partial charge in [-0.3, -0.25) is 4.40 Å². The highest BCUT2D eigenvalue weighted by Crippen LogP contribution is 2.49. The number of imidazole rings is 1. The standard InChI is InChI=1S/C30H21ClF3N3O2/c31-21-9-10-22(24(16-21)30(32,33)34)28(19-2-1-3-19)29(20-7-4-18(5-8-20)6-13-27(38)39)23-11-12-26-36-14-15-37(26)25(23)17-35/h4-16,19H,1-3H2,(H,38,39)/b13-6+,29-28+. The second kappa shape index (κ2) is 10.4. The molecule has 0 atom stereocenters. The highest BCUT2D eigenvalue weighted by molar-refractivity contribution is 6.30. The van der Waals surface area contributed by atoms with Crippen molar-refractivity contribution < 1.29 is 23.1 Å². The van der Waals surface area contributed by atoms with E-state index in [0.29, 0.717) is 46.3 Å². The lowest BCUT2D eigenvalue weighted by molar-refractivity contribution is -0.137. The van der Waals surface area contributed by atoms with Crippen LogP contribution in [0.3, 0.4) is 0 Å². The van der Waals surface area contributed by atoms with Gasteiger partial charge in [-0.25, -0.2) is 9.78 Å². The van der Waals surface area contributed by atoms with Crippen molar-refractivity contribution in [3.05, 3.63) is 112 Å². The molecule has 4 aromatic rings. The minimum absolute atomic E-state index is 0.0206. The summed E-state index contributed by atoms with van der Waals surface area (Å²) >= 11 is 6.02. The molecule has 0 radical (unpaired) electrons. The molecule has 5 rings (SSSR count). The number of pyridine rings is 1. The van der Waals surface area contributed by atoms with Crippen molar-refractivity contribution >= 4 is 40.4 Å². The minimum atomic E-state index is -4.65. The monoisotopic (exact) mass is 547 g/mol. The van der Waals surface area contributed by atoms with Crippen molar-refractivity contribution in [3.8, 4) is 6.07 Å². The SMILES string of the molecule is N#Cc1c(/C(=C(/c2ccc(Cl)cc2C(F)(F)F)C2CCC2)c2ccc(/C=C/C(=O)O)cc2)ccc2nccn12. The van der Waals surface area contributed by atoms with Gasteiger partial charge in [0.15, 0.2) is 0 Å². The van der Waals surface area contributed by atoms with Gasteiger partial charge in [-0.1, -0.05) is 48.4 Å². The highest BCUT2D eigenvalue weighted by atomic mass is 35.5. The lowest BCUT2D eigenvalue weighted by Crippen LogP contribution is -2.19. The molecule has 0 saturated heterocycles. The van der Waals surface area contributed by atoms with Crippen molar-refractivity contribution in [2.45, 2.75) is 25.4 Å². The van der Waals surface area contributed by atoms with E-state index in [9.17, 15) is 23.2 Å². The van der Waals surface area contributed by atoms with Crippen LogP contribution in [0.15, 0.2) is 73.1 Å². The van der Waals surface area contributed by atoms with E-state index in [-0.39, 0.29) is 22.2 Å². The molecule has 2 aromatic heterocycles. The molecule has 0 spiro atoms. The number of nitriles is 1. The average Bonchev–Trinajstić information content (AvgIpc) is 3.35. The third-order valence-electron chi connectivity index (χ3n) is 6.92. The third-order valence-corrected chi connectivity index (χ3v) is 7.15. The number of benzene rings is 2. The van der Waals surface area contributed by atoms with Crippen LogP contribution in [0.1, 0.15) is 52.8 Å². The summed E-state index contributed by atoms with van der Waals surface area (Å²) in [7, 11) is 0. The molecule has 1 saturated carbocycles. The Morgan fingerprint density at radius 2 is 1.82 bits per heavy atom. The number of hydrogen-bond donors (Lipinski definition) is 1. The number of alkyl halides is 3. The number of halogens is 4. The fourth-order valence-electron chi connectivity index (χ4n) is 4.94. The molecule has 1 fully saturated rings. The van der Waals surface area contributed by atoms with E-state index < -0.39 is 17.7 Å². The Hall–Kier alpha value is -4.35. The first-order valence-corrected chi connectivity index (χ1v) is 12.5. The van der Waals surface area contributed by atoms with Gasteiger partial charge in [-0.05, 0) is 76.9 Å². The maximum Gasteiger partial charge on any atom is 0.417 e. The van der Waals surface area contributed by atoms with Gasteiger partial charge in [0.2, 0.25) is 0 Å². The van der Waals surface area contributed by atoms with Gasteiger partial charge in [-0.2, -0.15) is 18.4 Å². The molecule has 5 nitrogen and oxygen atoms in total. The van der Waals surface area contributed by atoms with E-state index in [2.05, 4.69) is 11.1 Å². The maximum absolute atomic E-state index is 14.4. The molecule has 39 heavy (non-hydrogen) atoms. The number of nitrogens with zero attached hydrogens (tertiary/aromatic N) is 3. The Balaban J connectivity index is 1.87. The summed E-state index contributed by atoms with van der Waals surface area (Å²) in [5, 5.41) is 19.1. The van der Waals surface area contributed by atoms with Gasteiger partial charge in [0.05, 0.1) is 5.56 Å². The predicted octanol–water partition coefficient (Wildman–Crippen LogP) is 7.74. The normalized spacial score (nSPS) is 14.7. The number of aliphatic carboxylic acids is 1.